The van der Waals surface area contributed by atoms with Crippen molar-refractivity contribution in [1.29, 1.82) is 0 Å². The molecule has 10 heavy (non-hydrogen) atoms. The molecule has 0 aromatic carbocycles. The molecule has 56 valence electrons. The van der Waals surface area contributed by atoms with Crippen molar-refractivity contribution in [1.82, 2.24) is 0 Å². The summed E-state index contributed by atoms with van der Waals surface area (Å²) in [6.07, 6.45) is 0. The van der Waals surface area contributed by atoms with Gasteiger partial charge in [0, 0.05) is 0 Å². The first-order valence-electron chi connectivity index (χ1n) is 2.66. The standard InChI is InChI=1S/C5H11NO2P.Ba.2H/c1-6(2,3-4-7)5-9-8;;;/h7H,3-4H2,1-2H3;;;/q+1;;;. The Kier molecular flexibility index (Phi) is 10.1. The summed E-state index contributed by atoms with van der Waals surface area (Å²) in [6, 6.07) is 0. The molecule has 1 N–H and O–H groups in total. The van der Waals surface area contributed by atoms with Gasteiger partial charge in [-0.2, -0.15) is 0 Å². The quantitative estimate of drug-likeness (QED) is 0.416. The van der Waals surface area contributed by atoms with Gasteiger partial charge in [-0.1, -0.05) is 0 Å². The van der Waals surface area contributed by atoms with Crippen LogP contribution in [0.5, 0.6) is 0 Å². The molecule has 3 nitrogen and oxygen atoms in total. The van der Waals surface area contributed by atoms with Crippen LogP contribution in [0.1, 0.15) is 0 Å². The van der Waals surface area contributed by atoms with Crippen molar-refractivity contribution < 1.29 is 14.2 Å². The maximum absolute atomic E-state index is 9.98. The molecular formula is C5H13BaNO2P+. The minimum absolute atomic E-state index is 0. The summed E-state index contributed by atoms with van der Waals surface area (Å²) in [5, 5.41) is 8.47. The predicted octanol–water partition coefficient (Wildman–Crippen LogP) is -0.653. The summed E-state index contributed by atoms with van der Waals surface area (Å²) in [7, 11) is 3.54. The minimum atomic E-state index is -0.105. The van der Waals surface area contributed by atoms with E-state index >= 15 is 0 Å². The van der Waals surface area contributed by atoms with Crippen LogP contribution < -0.4 is 0 Å². The van der Waals surface area contributed by atoms with Gasteiger partial charge in [0.1, 0.15) is 0 Å². The Morgan fingerprint density at radius 2 is 2.10 bits per heavy atom. The average Bonchev–Trinajstić information content (AvgIpc) is 1.64. The molecule has 0 aliphatic carbocycles. The number of nitrogens with zero attached hydrogens (tertiary/aromatic N) is 1. The second-order valence-corrected chi connectivity index (χ2v) is 2.71. The van der Waals surface area contributed by atoms with Gasteiger partial charge in [0.05, 0.1) is 0 Å². The van der Waals surface area contributed by atoms with E-state index in [1.807, 2.05) is 14.1 Å². The number of likely N-dealkylation sites (N-methyl/N-ethyl adjacent to an activating group) is 1. The fraction of sp³-hybridized carbons (Fsp3) is 0.800. The van der Waals surface area contributed by atoms with E-state index in [4.69, 9.17) is 5.11 Å². The summed E-state index contributed by atoms with van der Waals surface area (Å²) in [5.41, 5.74) is 0. The SMILES string of the molecule is C[N+](C)(C#P=O)CCO.[BaH2]. The van der Waals surface area contributed by atoms with E-state index < -0.39 is 0 Å². The molecule has 0 amide bonds. The molecule has 0 aromatic rings. The molecule has 0 saturated heterocycles. The third-order valence-electron chi connectivity index (χ3n) is 0.971. The van der Waals surface area contributed by atoms with Crippen molar-refractivity contribution in [3.8, 4) is 5.75 Å². The Morgan fingerprint density at radius 1 is 1.60 bits per heavy atom. The average molecular weight is 287 g/mol. The predicted molar refractivity (Wildman–Crippen MR) is 44.1 cm³/mol. The maximum atomic E-state index is 9.98. The van der Waals surface area contributed by atoms with Crippen molar-refractivity contribution in [2.24, 2.45) is 0 Å². The molecule has 0 heterocycles. The Hall–Kier alpha value is 1.50. The van der Waals surface area contributed by atoms with Crippen molar-refractivity contribution >= 4 is 56.8 Å². The zero-order valence-corrected chi connectivity index (χ0v) is 6.56. The van der Waals surface area contributed by atoms with Crippen LogP contribution in [0.2, 0.25) is 0 Å². The third-order valence-corrected chi connectivity index (χ3v) is 1.59. The van der Waals surface area contributed by atoms with E-state index in [0.29, 0.717) is 11.0 Å². The van der Waals surface area contributed by atoms with Crippen LogP contribution in [-0.2, 0) is 4.57 Å². The number of quaternary nitrogens is 1. The Labute approximate surface area is 103 Å². The second-order valence-electron chi connectivity index (χ2n) is 2.32. The molecule has 0 aliphatic rings. The first-order chi connectivity index (χ1) is 4.12. The van der Waals surface area contributed by atoms with Crippen LogP contribution in [0, 0.1) is 5.75 Å². The van der Waals surface area contributed by atoms with Gasteiger partial charge in [-0.05, 0) is 0 Å². The van der Waals surface area contributed by atoms with Gasteiger partial charge >= 0.3 is 104 Å². The Bertz CT molecular complexity index is 175. The van der Waals surface area contributed by atoms with Crippen LogP contribution in [0.4, 0.5) is 0 Å². The van der Waals surface area contributed by atoms with E-state index in [1.54, 1.807) is 0 Å². The summed E-state index contributed by atoms with van der Waals surface area (Å²) in [5.74, 6) is 2.62. The van der Waals surface area contributed by atoms with Crippen molar-refractivity contribution in [2.45, 2.75) is 0 Å². The van der Waals surface area contributed by atoms with Gasteiger partial charge in [-0.15, -0.1) is 0 Å². The van der Waals surface area contributed by atoms with Gasteiger partial charge in [0.15, 0.2) is 0 Å². The van der Waals surface area contributed by atoms with E-state index in [0.717, 1.165) is 0 Å². The summed E-state index contributed by atoms with van der Waals surface area (Å²) < 4.78 is 10.3. The molecule has 0 aromatic heterocycles. The molecule has 0 radical (unpaired) electrons. The summed E-state index contributed by atoms with van der Waals surface area (Å²) in [6.45, 7) is 0.644. The van der Waals surface area contributed by atoms with Gasteiger partial charge in [0.25, 0.3) is 0 Å². The number of rotatable bonds is 2. The van der Waals surface area contributed by atoms with E-state index in [2.05, 4.69) is 5.75 Å². The number of aliphatic hydroxyl groups excluding tert-OH is 1. The van der Waals surface area contributed by atoms with Crippen molar-refractivity contribution in [2.75, 3.05) is 27.2 Å². The van der Waals surface area contributed by atoms with Crippen LogP contribution in [0.15, 0.2) is 0 Å². The Morgan fingerprint density at radius 3 is 2.40 bits per heavy atom. The normalized spacial score (nSPS) is 9.50. The number of aliphatic hydroxyl groups is 1. The Balaban J connectivity index is 0. The van der Waals surface area contributed by atoms with Crippen molar-refractivity contribution in [3.63, 3.8) is 0 Å². The molecule has 0 rings (SSSR count). The molecule has 0 unspecified atom stereocenters. The van der Waals surface area contributed by atoms with Crippen LogP contribution in [0.25, 0.3) is 0 Å². The fourth-order valence-electron chi connectivity index (χ4n) is 0.411. The molecule has 0 aliphatic heterocycles. The second kappa shape index (κ2) is 7.17. The van der Waals surface area contributed by atoms with E-state index in [1.165, 1.54) is 0 Å². The van der Waals surface area contributed by atoms with Crippen LogP contribution in [0.3, 0.4) is 0 Å². The summed E-state index contributed by atoms with van der Waals surface area (Å²) in [4.78, 5) is 0. The van der Waals surface area contributed by atoms with Gasteiger partial charge in [-0.25, -0.2) is 0 Å². The summed E-state index contributed by atoms with van der Waals surface area (Å²) >= 11 is 0. The molecule has 5 heteroatoms. The first-order valence-corrected chi connectivity index (χ1v) is 3.47. The first kappa shape index (κ1) is 14.0. The molecule has 0 bridgehead atoms. The fourth-order valence-corrected chi connectivity index (χ4v) is 0.732. The molecular weight excluding hydrogens is 274 g/mol. The van der Waals surface area contributed by atoms with Crippen LogP contribution in [-0.4, -0.2) is 85.7 Å². The zero-order chi connectivity index (χ0) is 7.33. The van der Waals surface area contributed by atoms with Gasteiger partial charge in [-0.3, -0.25) is 0 Å². The van der Waals surface area contributed by atoms with Crippen molar-refractivity contribution in [3.05, 3.63) is 0 Å². The zero-order valence-electron chi connectivity index (χ0n) is 5.66. The van der Waals surface area contributed by atoms with Gasteiger partial charge in [0.2, 0.25) is 0 Å². The van der Waals surface area contributed by atoms with E-state index in [-0.39, 0.29) is 63.4 Å². The van der Waals surface area contributed by atoms with Gasteiger partial charge < -0.3 is 0 Å². The monoisotopic (exact) mass is 288 g/mol. The molecule has 0 fully saturated rings. The number of hydrogen-bond donors (Lipinski definition) is 1. The third kappa shape index (κ3) is 7.61. The number of hydrogen-bond acceptors (Lipinski definition) is 2. The van der Waals surface area contributed by atoms with Crippen LogP contribution >= 0.6 is 7.92 Å². The molecule has 0 spiro atoms. The van der Waals surface area contributed by atoms with E-state index in [9.17, 15) is 4.57 Å². The topological polar surface area (TPSA) is 37.3 Å². The molecule has 0 atom stereocenters. The molecule has 0 saturated carbocycles.